The molecule has 3 rings (SSSR count). The molecule has 0 aliphatic heterocycles. The summed E-state index contributed by atoms with van der Waals surface area (Å²) in [4.78, 5) is 32.2. The van der Waals surface area contributed by atoms with E-state index in [4.69, 9.17) is 16.3 Å². The number of hydrogen-bond acceptors (Lipinski definition) is 6. The van der Waals surface area contributed by atoms with Crippen molar-refractivity contribution in [3.05, 3.63) is 52.1 Å². The number of esters is 1. The van der Waals surface area contributed by atoms with E-state index in [1.165, 1.54) is 4.52 Å². The molecule has 1 aromatic carbocycles. The molecule has 9 heteroatoms. The molecule has 0 bridgehead atoms. The van der Waals surface area contributed by atoms with E-state index in [0.29, 0.717) is 16.5 Å². The Balaban J connectivity index is 1.64. The van der Waals surface area contributed by atoms with Crippen LogP contribution in [0.2, 0.25) is 5.02 Å². The number of rotatable bonds is 4. The lowest BCUT2D eigenvalue weighted by molar-refractivity contribution is -0.119. The van der Waals surface area contributed by atoms with Crippen LogP contribution in [0.4, 0.5) is 5.69 Å². The molecule has 2 heterocycles. The number of fused-ring (bicyclic) bond motifs is 1. The van der Waals surface area contributed by atoms with Crippen LogP contribution >= 0.6 is 11.6 Å². The zero-order valence-corrected chi connectivity index (χ0v) is 15.2. The van der Waals surface area contributed by atoms with Crippen LogP contribution in [0, 0.1) is 20.8 Å². The van der Waals surface area contributed by atoms with Crippen molar-refractivity contribution in [3.63, 3.8) is 0 Å². The van der Waals surface area contributed by atoms with Crippen molar-refractivity contribution in [1.82, 2.24) is 19.6 Å². The molecule has 0 aliphatic rings. The number of aromatic nitrogens is 4. The smallest absolute Gasteiger partial charge is 0.378 e. The second kappa shape index (κ2) is 7.09. The zero-order valence-electron chi connectivity index (χ0n) is 14.4. The van der Waals surface area contributed by atoms with Gasteiger partial charge in [0.2, 0.25) is 0 Å². The van der Waals surface area contributed by atoms with Gasteiger partial charge < -0.3 is 10.1 Å². The van der Waals surface area contributed by atoms with Crippen LogP contribution in [0.15, 0.2) is 24.3 Å². The number of ether oxygens (including phenoxy) is 1. The quantitative estimate of drug-likeness (QED) is 0.705. The number of halogens is 1. The second-order valence-corrected chi connectivity index (χ2v) is 6.18. The summed E-state index contributed by atoms with van der Waals surface area (Å²) in [7, 11) is 0. The average Bonchev–Trinajstić information content (AvgIpc) is 3.00. The van der Waals surface area contributed by atoms with Gasteiger partial charge in [0.1, 0.15) is 0 Å². The van der Waals surface area contributed by atoms with E-state index in [1.807, 2.05) is 26.8 Å². The van der Waals surface area contributed by atoms with E-state index < -0.39 is 18.5 Å². The molecule has 0 saturated carbocycles. The summed E-state index contributed by atoms with van der Waals surface area (Å²) >= 11 is 6.01. The first kappa shape index (κ1) is 17.8. The minimum absolute atomic E-state index is 0.155. The van der Waals surface area contributed by atoms with Gasteiger partial charge in [-0.3, -0.25) is 4.79 Å². The third-order valence-corrected chi connectivity index (χ3v) is 4.00. The van der Waals surface area contributed by atoms with Gasteiger partial charge in [-0.25, -0.2) is 14.3 Å². The average molecular weight is 374 g/mol. The van der Waals surface area contributed by atoms with E-state index in [0.717, 1.165) is 17.0 Å². The zero-order chi connectivity index (χ0) is 18.8. The highest BCUT2D eigenvalue weighted by Crippen LogP contribution is 2.19. The molecular weight excluding hydrogens is 358 g/mol. The second-order valence-electron chi connectivity index (χ2n) is 5.77. The normalized spacial score (nSPS) is 10.8. The maximum atomic E-state index is 12.1. The van der Waals surface area contributed by atoms with Gasteiger partial charge in [-0.15, -0.1) is 5.10 Å². The molecule has 1 amide bonds. The minimum Gasteiger partial charge on any atom is -0.450 e. The third-order valence-electron chi connectivity index (χ3n) is 3.59. The standard InChI is InChI=1S/C17H16ClN5O3/c1-9-4-5-12(7-13(9)18)20-14(24)8-26-16(25)15-21-17-19-10(2)6-11(3)23(17)22-15/h4-7H,8H2,1-3H3,(H,20,24). The number of nitrogens with zero attached hydrogens (tertiary/aromatic N) is 4. The Kier molecular flexibility index (Phi) is 4.85. The number of carbonyl (C=O) groups excluding carboxylic acids is 2. The van der Waals surface area contributed by atoms with Gasteiger partial charge in [-0.05, 0) is 44.5 Å². The fraction of sp³-hybridized carbons (Fsp3) is 0.235. The lowest BCUT2D eigenvalue weighted by atomic mass is 10.2. The molecule has 0 aliphatic carbocycles. The molecule has 134 valence electrons. The summed E-state index contributed by atoms with van der Waals surface area (Å²) in [5.74, 6) is -1.15. The summed E-state index contributed by atoms with van der Waals surface area (Å²) in [5, 5.41) is 7.19. The van der Waals surface area contributed by atoms with Crippen molar-refractivity contribution in [2.45, 2.75) is 20.8 Å². The maximum Gasteiger partial charge on any atom is 0.378 e. The van der Waals surface area contributed by atoms with Crippen molar-refractivity contribution in [3.8, 4) is 0 Å². The first-order valence-electron chi connectivity index (χ1n) is 7.77. The number of anilines is 1. The molecule has 8 nitrogen and oxygen atoms in total. The van der Waals surface area contributed by atoms with E-state index in [-0.39, 0.29) is 5.82 Å². The monoisotopic (exact) mass is 373 g/mol. The summed E-state index contributed by atoms with van der Waals surface area (Å²) < 4.78 is 6.41. The van der Waals surface area contributed by atoms with Gasteiger partial charge in [0, 0.05) is 22.1 Å². The van der Waals surface area contributed by atoms with Crippen molar-refractivity contribution >= 4 is 34.9 Å². The van der Waals surface area contributed by atoms with Crippen LogP contribution in [0.25, 0.3) is 5.78 Å². The molecule has 26 heavy (non-hydrogen) atoms. The number of carbonyl (C=O) groups is 2. The van der Waals surface area contributed by atoms with Crippen molar-refractivity contribution < 1.29 is 14.3 Å². The number of amides is 1. The van der Waals surface area contributed by atoms with Crippen molar-refractivity contribution in [2.75, 3.05) is 11.9 Å². The Morgan fingerprint density at radius 3 is 2.69 bits per heavy atom. The summed E-state index contributed by atoms with van der Waals surface area (Å²) in [5.41, 5.74) is 2.96. The van der Waals surface area contributed by atoms with E-state index >= 15 is 0 Å². The predicted molar refractivity (Wildman–Crippen MR) is 95.4 cm³/mol. The number of benzene rings is 1. The van der Waals surface area contributed by atoms with Crippen molar-refractivity contribution in [1.29, 1.82) is 0 Å². The predicted octanol–water partition coefficient (Wildman–Crippen LogP) is 2.50. The van der Waals surface area contributed by atoms with Crippen LogP contribution in [0.5, 0.6) is 0 Å². The molecule has 0 saturated heterocycles. The third kappa shape index (κ3) is 3.80. The Labute approximate surface area is 154 Å². The molecule has 1 N–H and O–H groups in total. The lowest BCUT2D eigenvalue weighted by Crippen LogP contribution is -2.21. The summed E-state index contributed by atoms with van der Waals surface area (Å²) in [6, 6.07) is 6.93. The number of nitrogens with one attached hydrogen (secondary N) is 1. The van der Waals surface area contributed by atoms with Crippen LogP contribution in [-0.2, 0) is 9.53 Å². The lowest BCUT2D eigenvalue weighted by Gasteiger charge is -2.07. The van der Waals surface area contributed by atoms with Gasteiger partial charge in [0.25, 0.3) is 17.5 Å². The first-order valence-corrected chi connectivity index (χ1v) is 8.15. The molecule has 0 spiro atoms. The number of aryl methyl sites for hydroxylation is 3. The molecular formula is C17H16ClN5O3. The first-order chi connectivity index (χ1) is 12.3. The highest BCUT2D eigenvalue weighted by molar-refractivity contribution is 6.31. The Morgan fingerprint density at radius 2 is 1.96 bits per heavy atom. The highest BCUT2D eigenvalue weighted by atomic mass is 35.5. The largest absolute Gasteiger partial charge is 0.450 e. The Hall–Kier alpha value is -3.00. The van der Waals surface area contributed by atoms with Gasteiger partial charge in [-0.2, -0.15) is 4.98 Å². The Morgan fingerprint density at radius 1 is 1.19 bits per heavy atom. The van der Waals surface area contributed by atoms with Crippen LogP contribution in [0.3, 0.4) is 0 Å². The van der Waals surface area contributed by atoms with Crippen molar-refractivity contribution in [2.24, 2.45) is 0 Å². The minimum atomic E-state index is -0.801. The van der Waals surface area contributed by atoms with Crippen LogP contribution in [0.1, 0.15) is 27.6 Å². The van der Waals surface area contributed by atoms with Gasteiger partial charge in [0.15, 0.2) is 6.61 Å². The van der Waals surface area contributed by atoms with E-state index in [1.54, 1.807) is 18.2 Å². The summed E-state index contributed by atoms with van der Waals surface area (Å²) in [6.45, 7) is 5.04. The van der Waals surface area contributed by atoms with E-state index in [2.05, 4.69) is 20.4 Å². The molecule has 0 atom stereocenters. The SMILES string of the molecule is Cc1cc(C)n2nc(C(=O)OCC(=O)Nc3ccc(C)c(Cl)c3)nc2n1. The Bertz CT molecular complexity index is 1020. The molecule has 0 unspecified atom stereocenters. The van der Waals surface area contributed by atoms with Gasteiger partial charge in [-0.1, -0.05) is 17.7 Å². The van der Waals surface area contributed by atoms with Gasteiger partial charge in [0.05, 0.1) is 0 Å². The van der Waals surface area contributed by atoms with E-state index in [9.17, 15) is 9.59 Å². The fourth-order valence-electron chi connectivity index (χ4n) is 2.32. The van der Waals surface area contributed by atoms with Crippen LogP contribution in [-0.4, -0.2) is 38.1 Å². The van der Waals surface area contributed by atoms with Gasteiger partial charge >= 0.3 is 5.97 Å². The molecule has 2 aromatic heterocycles. The summed E-state index contributed by atoms with van der Waals surface area (Å²) in [6.07, 6.45) is 0. The maximum absolute atomic E-state index is 12.1. The van der Waals surface area contributed by atoms with Crippen LogP contribution < -0.4 is 5.32 Å². The molecule has 0 fully saturated rings. The number of hydrogen-bond donors (Lipinski definition) is 1. The fourth-order valence-corrected chi connectivity index (χ4v) is 2.50. The molecule has 0 radical (unpaired) electrons. The molecule has 3 aromatic rings. The topological polar surface area (TPSA) is 98.5 Å². The highest BCUT2D eigenvalue weighted by Gasteiger charge is 2.18.